The van der Waals surface area contributed by atoms with Gasteiger partial charge in [0.05, 0.1) is 11.2 Å². The lowest BCUT2D eigenvalue weighted by Gasteiger charge is -2.25. The Balaban J connectivity index is 1.88. The second-order valence-electron chi connectivity index (χ2n) is 5.63. The number of hydrogen-bond donors (Lipinski definition) is 1. The number of nitrogens with zero attached hydrogens (tertiary/aromatic N) is 2. The van der Waals surface area contributed by atoms with Gasteiger partial charge in [0.15, 0.2) is 0 Å². The highest BCUT2D eigenvalue weighted by Gasteiger charge is 2.20. The lowest BCUT2D eigenvalue weighted by Crippen LogP contribution is -2.31. The molecular weight excluding hydrogens is 290 g/mol. The maximum Gasteiger partial charge on any atom is 0.291 e. The molecule has 5 nitrogen and oxygen atoms in total. The zero-order valence-electron chi connectivity index (χ0n) is 12.6. The first-order valence-corrected chi connectivity index (χ1v) is 8.08. The average molecular weight is 314 g/mol. The second kappa shape index (κ2) is 8.39. The first kappa shape index (κ1) is 16.3. The van der Waals surface area contributed by atoms with Crippen LogP contribution < -0.4 is 10.9 Å². The Labute approximate surface area is 130 Å². The minimum atomic E-state index is -0.105. The van der Waals surface area contributed by atoms with Crippen LogP contribution in [0.2, 0.25) is 5.02 Å². The van der Waals surface area contributed by atoms with Crippen molar-refractivity contribution in [1.29, 1.82) is 0 Å². The van der Waals surface area contributed by atoms with Crippen molar-refractivity contribution in [1.82, 2.24) is 9.78 Å². The third-order valence-corrected chi connectivity index (χ3v) is 4.27. The van der Waals surface area contributed by atoms with E-state index in [2.05, 4.69) is 10.4 Å². The highest BCUT2D eigenvalue weighted by Crippen LogP contribution is 2.27. The summed E-state index contributed by atoms with van der Waals surface area (Å²) < 4.78 is 6.56. The molecule has 1 heterocycles. The molecule has 1 aromatic rings. The van der Waals surface area contributed by atoms with E-state index in [1.54, 1.807) is 18.0 Å². The number of nitrogens with one attached hydrogen (secondary N) is 1. The van der Waals surface area contributed by atoms with Crippen LogP contribution in [0.5, 0.6) is 0 Å². The molecule has 1 saturated carbocycles. The lowest BCUT2D eigenvalue weighted by molar-refractivity contribution is 0.192. The van der Waals surface area contributed by atoms with Crippen molar-refractivity contribution >= 4 is 17.3 Å². The van der Waals surface area contributed by atoms with Crippen LogP contribution in [-0.4, -0.2) is 30.0 Å². The molecule has 1 aliphatic rings. The number of rotatable bonds is 9. The average Bonchev–Trinajstić information content (AvgIpc) is 2.43. The van der Waals surface area contributed by atoms with Gasteiger partial charge in [-0.25, -0.2) is 4.68 Å². The van der Waals surface area contributed by atoms with Gasteiger partial charge in [-0.15, -0.1) is 0 Å². The minimum Gasteiger partial charge on any atom is -0.385 e. The van der Waals surface area contributed by atoms with E-state index < -0.39 is 0 Å². The molecule has 21 heavy (non-hydrogen) atoms. The summed E-state index contributed by atoms with van der Waals surface area (Å²) in [6, 6.07) is 0. The van der Waals surface area contributed by atoms with E-state index in [1.807, 2.05) is 0 Å². The van der Waals surface area contributed by atoms with E-state index in [9.17, 15) is 4.79 Å². The van der Waals surface area contributed by atoms with Crippen LogP contribution in [0.3, 0.4) is 0 Å². The van der Waals surface area contributed by atoms with Crippen molar-refractivity contribution in [2.75, 3.05) is 25.6 Å². The first-order valence-electron chi connectivity index (χ1n) is 7.71. The maximum absolute atomic E-state index is 12.4. The Bertz CT molecular complexity index is 500. The summed E-state index contributed by atoms with van der Waals surface area (Å²) in [6.07, 6.45) is 8.31. The molecule has 0 aliphatic heterocycles. The summed E-state index contributed by atoms with van der Waals surface area (Å²) in [5.74, 6) is 0.596. The van der Waals surface area contributed by atoms with Gasteiger partial charge in [0, 0.05) is 26.8 Å². The monoisotopic (exact) mass is 313 g/mol. The quantitative estimate of drug-likeness (QED) is 0.712. The van der Waals surface area contributed by atoms with E-state index in [4.69, 9.17) is 16.3 Å². The van der Waals surface area contributed by atoms with Crippen LogP contribution in [-0.2, 0) is 11.3 Å². The molecule has 0 unspecified atom stereocenters. The summed E-state index contributed by atoms with van der Waals surface area (Å²) in [4.78, 5) is 12.4. The van der Waals surface area contributed by atoms with Gasteiger partial charge in [-0.3, -0.25) is 4.79 Å². The van der Waals surface area contributed by atoms with Gasteiger partial charge in [0.25, 0.3) is 5.56 Å². The Morgan fingerprint density at radius 3 is 2.90 bits per heavy atom. The number of ether oxygens (including phenoxy) is 1. The number of methoxy groups -OCH3 is 1. The zero-order chi connectivity index (χ0) is 15.1. The first-order chi connectivity index (χ1) is 10.2. The fraction of sp³-hybridized carbons (Fsp3) is 0.733. The third-order valence-electron chi connectivity index (χ3n) is 3.98. The van der Waals surface area contributed by atoms with E-state index in [0.29, 0.717) is 23.2 Å². The SMILES string of the molecule is COCCCCCNc1c(Cl)cnn(CC2CCC2)c1=O. The summed E-state index contributed by atoms with van der Waals surface area (Å²) in [7, 11) is 1.71. The van der Waals surface area contributed by atoms with E-state index >= 15 is 0 Å². The van der Waals surface area contributed by atoms with Crippen molar-refractivity contribution in [3.05, 3.63) is 21.6 Å². The smallest absolute Gasteiger partial charge is 0.291 e. The van der Waals surface area contributed by atoms with Gasteiger partial charge in [0.1, 0.15) is 5.69 Å². The topological polar surface area (TPSA) is 56.1 Å². The predicted octanol–water partition coefficient (Wildman–Crippen LogP) is 2.93. The number of anilines is 1. The standard InChI is InChI=1S/C15H24ClN3O2/c1-21-9-4-2-3-8-17-14-13(16)10-18-19(15(14)20)11-12-6-5-7-12/h10,12,17H,2-9,11H2,1H3. The lowest BCUT2D eigenvalue weighted by atomic mass is 9.85. The van der Waals surface area contributed by atoms with Crippen molar-refractivity contribution < 1.29 is 4.74 Å². The number of aromatic nitrogens is 2. The summed E-state index contributed by atoms with van der Waals surface area (Å²) in [5.41, 5.74) is 0.379. The van der Waals surface area contributed by atoms with Crippen molar-refractivity contribution in [2.45, 2.75) is 45.1 Å². The van der Waals surface area contributed by atoms with E-state index in [1.165, 1.54) is 19.3 Å². The molecule has 0 atom stereocenters. The fourth-order valence-electron chi connectivity index (χ4n) is 2.44. The summed E-state index contributed by atoms with van der Waals surface area (Å²) >= 11 is 6.09. The molecule has 2 rings (SSSR count). The van der Waals surface area contributed by atoms with Crippen LogP contribution >= 0.6 is 11.6 Å². The largest absolute Gasteiger partial charge is 0.385 e. The molecule has 1 fully saturated rings. The number of hydrogen-bond acceptors (Lipinski definition) is 4. The minimum absolute atomic E-state index is 0.105. The van der Waals surface area contributed by atoms with Gasteiger partial charge >= 0.3 is 0 Å². The number of unbranched alkanes of at least 4 members (excludes halogenated alkanes) is 2. The molecule has 0 bridgehead atoms. The van der Waals surface area contributed by atoms with Crippen LogP contribution in [0.25, 0.3) is 0 Å². The van der Waals surface area contributed by atoms with Crippen molar-refractivity contribution in [3.8, 4) is 0 Å². The Kier molecular flexibility index (Phi) is 6.51. The Morgan fingerprint density at radius 2 is 2.24 bits per heavy atom. The van der Waals surface area contributed by atoms with Crippen LogP contribution in [0, 0.1) is 5.92 Å². The van der Waals surface area contributed by atoms with Crippen molar-refractivity contribution in [2.24, 2.45) is 5.92 Å². The molecule has 0 radical (unpaired) electrons. The predicted molar refractivity (Wildman–Crippen MR) is 85.1 cm³/mol. The number of halogens is 1. The summed E-state index contributed by atoms with van der Waals surface area (Å²) in [6.45, 7) is 2.23. The highest BCUT2D eigenvalue weighted by molar-refractivity contribution is 6.32. The molecular formula is C15H24ClN3O2. The Morgan fingerprint density at radius 1 is 1.43 bits per heavy atom. The van der Waals surface area contributed by atoms with Gasteiger partial charge in [-0.1, -0.05) is 18.0 Å². The fourth-order valence-corrected chi connectivity index (χ4v) is 2.63. The highest BCUT2D eigenvalue weighted by atomic mass is 35.5. The van der Waals surface area contributed by atoms with Gasteiger partial charge in [-0.05, 0) is 38.0 Å². The molecule has 0 amide bonds. The zero-order valence-corrected chi connectivity index (χ0v) is 13.4. The van der Waals surface area contributed by atoms with Crippen LogP contribution in [0.1, 0.15) is 38.5 Å². The second-order valence-corrected chi connectivity index (χ2v) is 6.04. The molecule has 118 valence electrons. The third kappa shape index (κ3) is 4.71. The van der Waals surface area contributed by atoms with Crippen molar-refractivity contribution in [3.63, 3.8) is 0 Å². The Hall–Kier alpha value is -1.07. The van der Waals surface area contributed by atoms with Gasteiger partial charge in [0.2, 0.25) is 0 Å². The van der Waals surface area contributed by atoms with E-state index in [-0.39, 0.29) is 5.56 Å². The maximum atomic E-state index is 12.4. The van der Waals surface area contributed by atoms with E-state index in [0.717, 1.165) is 32.4 Å². The van der Waals surface area contributed by atoms with Crippen LogP contribution in [0.4, 0.5) is 5.69 Å². The van der Waals surface area contributed by atoms with Gasteiger partial charge in [-0.2, -0.15) is 5.10 Å². The molecule has 1 aromatic heterocycles. The molecule has 0 aromatic carbocycles. The molecule has 1 aliphatic carbocycles. The molecule has 6 heteroatoms. The molecule has 1 N–H and O–H groups in total. The summed E-state index contributed by atoms with van der Waals surface area (Å²) in [5, 5.41) is 7.71. The van der Waals surface area contributed by atoms with Gasteiger partial charge < -0.3 is 10.1 Å². The van der Waals surface area contributed by atoms with Crippen LogP contribution in [0.15, 0.2) is 11.0 Å². The molecule has 0 saturated heterocycles. The molecule has 0 spiro atoms. The normalized spacial score (nSPS) is 15.0.